The minimum absolute atomic E-state index is 0.316. The van der Waals surface area contributed by atoms with Crippen molar-refractivity contribution in [2.45, 2.75) is 46.1 Å². The van der Waals surface area contributed by atoms with Gasteiger partial charge in [0.15, 0.2) is 0 Å². The van der Waals surface area contributed by atoms with Gasteiger partial charge < -0.3 is 0 Å². The quantitative estimate of drug-likeness (QED) is 0.608. The Hall–Kier alpha value is -2.25. The number of rotatable bonds is 7. The van der Waals surface area contributed by atoms with E-state index >= 15 is 0 Å². The van der Waals surface area contributed by atoms with Crippen molar-refractivity contribution in [2.75, 3.05) is 5.32 Å². The first kappa shape index (κ1) is 19.5. The van der Waals surface area contributed by atoms with Gasteiger partial charge in [0.25, 0.3) is 5.91 Å². The summed E-state index contributed by atoms with van der Waals surface area (Å²) in [6, 6.07) is 9.86. The average Bonchev–Trinajstić information content (AvgIpc) is 3.21. The molecular formula is C19H22ClN5OS. The summed E-state index contributed by atoms with van der Waals surface area (Å²) in [4.78, 5) is 12.7. The molecule has 1 N–H and O–H groups in total. The zero-order chi connectivity index (χ0) is 19.4. The molecule has 27 heavy (non-hydrogen) atoms. The van der Waals surface area contributed by atoms with Gasteiger partial charge in [0, 0.05) is 5.92 Å². The maximum absolute atomic E-state index is 12.7. The van der Waals surface area contributed by atoms with Crippen molar-refractivity contribution in [1.82, 2.24) is 20.0 Å². The van der Waals surface area contributed by atoms with Gasteiger partial charge in [0.05, 0.1) is 17.8 Å². The van der Waals surface area contributed by atoms with E-state index in [-0.39, 0.29) is 5.91 Å². The van der Waals surface area contributed by atoms with Crippen molar-refractivity contribution in [3.8, 4) is 0 Å². The SMILES string of the molecule is CCC(CC)c1nnc(NC(=O)c2c(C)nn(Cc3ccccc3)c2Cl)s1. The topological polar surface area (TPSA) is 72.7 Å². The van der Waals surface area contributed by atoms with Crippen molar-refractivity contribution >= 4 is 34.0 Å². The lowest BCUT2D eigenvalue weighted by molar-refractivity contribution is 0.102. The maximum atomic E-state index is 12.7. The second kappa shape index (κ2) is 8.63. The van der Waals surface area contributed by atoms with E-state index in [1.165, 1.54) is 11.3 Å². The van der Waals surface area contributed by atoms with Crippen LogP contribution in [-0.4, -0.2) is 25.9 Å². The molecular weight excluding hydrogens is 382 g/mol. The number of amides is 1. The van der Waals surface area contributed by atoms with E-state index in [1.807, 2.05) is 30.3 Å². The van der Waals surface area contributed by atoms with Crippen LogP contribution in [0.4, 0.5) is 5.13 Å². The highest BCUT2D eigenvalue weighted by molar-refractivity contribution is 7.15. The summed E-state index contributed by atoms with van der Waals surface area (Å²) in [5, 5.41) is 17.3. The van der Waals surface area contributed by atoms with Crippen LogP contribution in [0.2, 0.25) is 5.15 Å². The number of carbonyl (C=O) groups is 1. The lowest BCUT2D eigenvalue weighted by atomic mass is 10.1. The molecule has 3 aromatic rings. The van der Waals surface area contributed by atoms with E-state index < -0.39 is 0 Å². The summed E-state index contributed by atoms with van der Waals surface area (Å²) in [7, 11) is 0. The van der Waals surface area contributed by atoms with Crippen LogP contribution in [0.1, 0.15) is 59.2 Å². The monoisotopic (exact) mass is 403 g/mol. The van der Waals surface area contributed by atoms with E-state index in [4.69, 9.17) is 11.6 Å². The fraction of sp³-hybridized carbons (Fsp3) is 0.368. The summed E-state index contributed by atoms with van der Waals surface area (Å²) in [6.07, 6.45) is 1.99. The fourth-order valence-corrected chi connectivity index (χ4v) is 4.25. The predicted molar refractivity (Wildman–Crippen MR) is 109 cm³/mol. The number of carbonyl (C=O) groups excluding carboxylic acids is 1. The van der Waals surface area contributed by atoms with E-state index in [9.17, 15) is 4.79 Å². The molecule has 0 saturated carbocycles. The van der Waals surface area contributed by atoms with Gasteiger partial charge in [-0.25, -0.2) is 4.68 Å². The Morgan fingerprint density at radius 2 is 1.93 bits per heavy atom. The van der Waals surface area contributed by atoms with Gasteiger partial charge in [0.2, 0.25) is 5.13 Å². The highest BCUT2D eigenvalue weighted by Crippen LogP contribution is 2.29. The van der Waals surface area contributed by atoms with Gasteiger partial charge in [-0.3, -0.25) is 10.1 Å². The van der Waals surface area contributed by atoms with Gasteiger partial charge in [-0.2, -0.15) is 5.10 Å². The minimum Gasteiger partial charge on any atom is -0.296 e. The molecule has 0 fully saturated rings. The molecule has 1 aromatic carbocycles. The second-order valence-electron chi connectivity index (χ2n) is 6.31. The summed E-state index contributed by atoms with van der Waals surface area (Å²) in [5.41, 5.74) is 2.01. The number of hydrogen-bond acceptors (Lipinski definition) is 5. The van der Waals surface area contributed by atoms with Gasteiger partial charge in [-0.05, 0) is 25.3 Å². The Kier molecular flexibility index (Phi) is 6.23. The summed E-state index contributed by atoms with van der Waals surface area (Å²) >= 11 is 7.86. The zero-order valence-corrected chi connectivity index (χ0v) is 17.1. The van der Waals surface area contributed by atoms with Crippen LogP contribution in [0.3, 0.4) is 0 Å². The molecule has 1 amide bonds. The summed E-state index contributed by atoms with van der Waals surface area (Å²) in [5.74, 6) is 0.0520. The number of anilines is 1. The van der Waals surface area contributed by atoms with E-state index in [0.717, 1.165) is 23.4 Å². The fourth-order valence-electron chi connectivity index (χ4n) is 2.92. The summed E-state index contributed by atoms with van der Waals surface area (Å²) < 4.78 is 1.64. The first-order valence-electron chi connectivity index (χ1n) is 8.95. The molecule has 0 bridgehead atoms. The molecule has 6 nitrogen and oxygen atoms in total. The molecule has 0 aliphatic carbocycles. The number of hydrogen-bond donors (Lipinski definition) is 1. The molecule has 0 unspecified atom stereocenters. The minimum atomic E-state index is -0.316. The molecule has 0 saturated heterocycles. The first-order valence-corrected chi connectivity index (χ1v) is 10.1. The zero-order valence-electron chi connectivity index (χ0n) is 15.6. The van der Waals surface area contributed by atoms with Crippen molar-refractivity contribution < 1.29 is 4.79 Å². The smallest absolute Gasteiger partial charge is 0.262 e. The van der Waals surface area contributed by atoms with Crippen molar-refractivity contribution in [1.29, 1.82) is 0 Å². The number of aromatic nitrogens is 4. The molecule has 8 heteroatoms. The predicted octanol–water partition coefficient (Wildman–Crippen LogP) is 4.90. The first-order chi connectivity index (χ1) is 13.0. The molecule has 0 aliphatic rings. The van der Waals surface area contributed by atoms with Crippen LogP contribution >= 0.6 is 22.9 Å². The molecule has 0 radical (unpaired) electrons. The van der Waals surface area contributed by atoms with Gasteiger partial charge >= 0.3 is 0 Å². The normalized spacial score (nSPS) is 11.1. The van der Waals surface area contributed by atoms with E-state index in [0.29, 0.717) is 34.0 Å². The molecule has 2 aromatic heterocycles. The largest absolute Gasteiger partial charge is 0.296 e. The van der Waals surface area contributed by atoms with Crippen LogP contribution in [0, 0.1) is 6.92 Å². The Bertz CT molecular complexity index is 918. The number of aryl methyl sites for hydroxylation is 1. The average molecular weight is 404 g/mol. The maximum Gasteiger partial charge on any atom is 0.262 e. The van der Waals surface area contributed by atoms with Gasteiger partial charge in [0.1, 0.15) is 10.2 Å². The lowest BCUT2D eigenvalue weighted by Gasteiger charge is -2.06. The molecule has 142 valence electrons. The Labute approximate surface area is 167 Å². The Morgan fingerprint density at radius 3 is 2.59 bits per heavy atom. The molecule has 0 aliphatic heterocycles. The Balaban J connectivity index is 1.77. The van der Waals surface area contributed by atoms with Crippen LogP contribution in [-0.2, 0) is 6.54 Å². The third kappa shape index (κ3) is 4.36. The highest BCUT2D eigenvalue weighted by atomic mass is 35.5. The molecule has 0 atom stereocenters. The number of halogens is 1. The van der Waals surface area contributed by atoms with Crippen LogP contribution < -0.4 is 5.32 Å². The Morgan fingerprint density at radius 1 is 1.22 bits per heavy atom. The van der Waals surface area contributed by atoms with Crippen LogP contribution in [0.5, 0.6) is 0 Å². The molecule has 3 rings (SSSR count). The second-order valence-corrected chi connectivity index (χ2v) is 7.67. The van der Waals surface area contributed by atoms with Crippen LogP contribution in [0.15, 0.2) is 30.3 Å². The van der Waals surface area contributed by atoms with Crippen molar-refractivity contribution in [3.05, 3.63) is 57.3 Å². The molecule has 2 heterocycles. The summed E-state index contributed by atoms with van der Waals surface area (Å²) in [6.45, 7) is 6.53. The third-order valence-electron chi connectivity index (χ3n) is 4.46. The van der Waals surface area contributed by atoms with Crippen LogP contribution in [0.25, 0.3) is 0 Å². The standard InChI is InChI=1S/C19H22ClN5OS/c1-4-14(5-2)18-22-23-19(27-18)21-17(26)15-12(3)24-25(16(15)20)11-13-9-7-6-8-10-13/h6-10,14H,4-5,11H2,1-3H3,(H,21,23,26). The number of benzene rings is 1. The van der Waals surface area contributed by atoms with Gasteiger partial charge in [-0.15, -0.1) is 10.2 Å². The van der Waals surface area contributed by atoms with Crippen molar-refractivity contribution in [3.63, 3.8) is 0 Å². The molecule has 0 spiro atoms. The number of nitrogens with zero attached hydrogens (tertiary/aromatic N) is 4. The van der Waals surface area contributed by atoms with E-state index in [2.05, 4.69) is 34.5 Å². The lowest BCUT2D eigenvalue weighted by Crippen LogP contribution is -2.13. The highest BCUT2D eigenvalue weighted by Gasteiger charge is 2.22. The number of nitrogens with one attached hydrogen (secondary N) is 1. The van der Waals surface area contributed by atoms with E-state index in [1.54, 1.807) is 11.6 Å². The van der Waals surface area contributed by atoms with Crippen molar-refractivity contribution in [2.24, 2.45) is 0 Å². The van der Waals surface area contributed by atoms with Gasteiger partial charge in [-0.1, -0.05) is 67.1 Å². The third-order valence-corrected chi connectivity index (χ3v) is 5.85.